The van der Waals surface area contributed by atoms with Crippen LogP contribution < -0.4 is 0 Å². The molecule has 1 aliphatic rings. The Morgan fingerprint density at radius 3 is 2.58 bits per heavy atom. The lowest BCUT2D eigenvalue weighted by atomic mass is 10.1. The van der Waals surface area contributed by atoms with Crippen LogP contribution in [0.25, 0.3) is 0 Å². The van der Waals surface area contributed by atoms with Crippen LogP contribution in [-0.4, -0.2) is 32.1 Å². The van der Waals surface area contributed by atoms with Gasteiger partial charge in [-0.2, -0.15) is 5.26 Å². The van der Waals surface area contributed by atoms with Crippen LogP contribution in [0.2, 0.25) is 0 Å². The Labute approximate surface area is 71.7 Å². The quantitative estimate of drug-likeness (QED) is 0.652. The van der Waals surface area contributed by atoms with Gasteiger partial charge in [0.1, 0.15) is 9.84 Å². The van der Waals surface area contributed by atoms with E-state index < -0.39 is 15.3 Å². The second-order valence-corrected chi connectivity index (χ2v) is 5.60. The maximum atomic E-state index is 10.8. The number of aliphatic hydroxyl groups is 1. The average Bonchev–Trinajstić information content (AvgIpc) is 2.60. The van der Waals surface area contributed by atoms with Crippen LogP contribution >= 0.6 is 0 Å². The smallest absolute Gasteiger partial charge is 0.147 e. The number of aliphatic hydroxyl groups excluding tert-OH is 1. The first-order valence-electron chi connectivity index (χ1n) is 3.63. The lowest BCUT2D eigenvalue weighted by Gasteiger charge is -2.01. The van der Waals surface area contributed by atoms with Crippen molar-refractivity contribution in [2.24, 2.45) is 11.3 Å². The number of rotatable bonds is 3. The first-order valence-corrected chi connectivity index (χ1v) is 5.69. The Bertz CT molecular complexity index is 316. The summed E-state index contributed by atoms with van der Waals surface area (Å²) in [5.41, 5.74) is -0.761. The standard InChI is InChI=1S/C7H11NO3S/c1-12(10,11)3-6-2-7(6,4-8)5-9/h6,9H,2-3,5H2,1H3/t6-,7+/m1/s1. The van der Waals surface area contributed by atoms with Crippen LogP contribution in [0.3, 0.4) is 0 Å². The molecule has 68 valence electrons. The van der Waals surface area contributed by atoms with Crippen molar-refractivity contribution in [1.29, 1.82) is 5.26 Å². The van der Waals surface area contributed by atoms with E-state index in [1.165, 1.54) is 0 Å². The molecule has 5 heteroatoms. The third-order valence-corrected chi connectivity index (χ3v) is 3.25. The SMILES string of the molecule is CS(=O)(=O)C[C@H]1C[C@]1(C#N)CO. The number of sulfone groups is 1. The fraction of sp³-hybridized carbons (Fsp3) is 0.857. The third-order valence-electron chi connectivity index (χ3n) is 2.24. The van der Waals surface area contributed by atoms with E-state index in [2.05, 4.69) is 0 Å². The molecule has 0 heterocycles. The van der Waals surface area contributed by atoms with E-state index in [-0.39, 0.29) is 18.3 Å². The van der Waals surface area contributed by atoms with Crippen LogP contribution in [0.5, 0.6) is 0 Å². The number of nitriles is 1. The maximum absolute atomic E-state index is 10.8. The van der Waals surface area contributed by atoms with E-state index in [4.69, 9.17) is 10.4 Å². The molecule has 0 bridgehead atoms. The molecular weight excluding hydrogens is 178 g/mol. The fourth-order valence-electron chi connectivity index (χ4n) is 1.33. The summed E-state index contributed by atoms with van der Waals surface area (Å²) in [6.07, 6.45) is 1.65. The third kappa shape index (κ3) is 1.76. The van der Waals surface area contributed by atoms with Gasteiger partial charge in [-0.3, -0.25) is 0 Å². The highest BCUT2D eigenvalue weighted by Crippen LogP contribution is 2.52. The first-order chi connectivity index (χ1) is 5.43. The predicted molar refractivity (Wildman–Crippen MR) is 42.9 cm³/mol. The number of hydrogen-bond acceptors (Lipinski definition) is 4. The predicted octanol–water partition coefficient (Wildman–Crippen LogP) is -0.447. The maximum Gasteiger partial charge on any atom is 0.147 e. The molecule has 2 atom stereocenters. The summed E-state index contributed by atoms with van der Waals surface area (Å²) in [7, 11) is -3.01. The van der Waals surface area contributed by atoms with E-state index in [0.717, 1.165) is 6.26 Å². The molecular formula is C7H11NO3S. The molecule has 0 saturated heterocycles. The van der Waals surface area contributed by atoms with Crippen LogP contribution in [0, 0.1) is 22.7 Å². The zero-order valence-corrected chi connectivity index (χ0v) is 7.63. The van der Waals surface area contributed by atoms with Gasteiger partial charge in [0.05, 0.1) is 23.8 Å². The summed E-state index contributed by atoms with van der Waals surface area (Å²) < 4.78 is 21.6. The molecule has 1 fully saturated rings. The minimum Gasteiger partial charge on any atom is -0.395 e. The monoisotopic (exact) mass is 189 g/mol. The minimum atomic E-state index is -3.01. The van der Waals surface area contributed by atoms with Gasteiger partial charge in [0.25, 0.3) is 0 Å². The molecule has 0 radical (unpaired) electrons. The van der Waals surface area contributed by atoms with Crippen LogP contribution in [-0.2, 0) is 9.84 Å². The van der Waals surface area contributed by atoms with Gasteiger partial charge in [-0.25, -0.2) is 8.42 Å². The van der Waals surface area contributed by atoms with Crippen molar-refractivity contribution in [3.63, 3.8) is 0 Å². The summed E-state index contributed by atoms with van der Waals surface area (Å²) >= 11 is 0. The Hall–Kier alpha value is -0.600. The molecule has 1 rings (SSSR count). The molecule has 0 aromatic rings. The van der Waals surface area contributed by atoms with Crippen molar-refractivity contribution < 1.29 is 13.5 Å². The number of nitrogens with zero attached hydrogens (tertiary/aromatic N) is 1. The second kappa shape index (κ2) is 2.71. The van der Waals surface area contributed by atoms with Crippen molar-refractivity contribution in [2.75, 3.05) is 18.6 Å². The molecule has 1 N–H and O–H groups in total. The molecule has 0 amide bonds. The lowest BCUT2D eigenvalue weighted by Crippen LogP contribution is -2.13. The van der Waals surface area contributed by atoms with E-state index in [1.54, 1.807) is 0 Å². The van der Waals surface area contributed by atoms with Gasteiger partial charge in [0.2, 0.25) is 0 Å². The fourth-order valence-corrected chi connectivity index (χ4v) is 2.50. The molecule has 12 heavy (non-hydrogen) atoms. The van der Waals surface area contributed by atoms with E-state index in [9.17, 15) is 8.42 Å². The van der Waals surface area contributed by atoms with Crippen molar-refractivity contribution in [3.05, 3.63) is 0 Å². The van der Waals surface area contributed by atoms with E-state index >= 15 is 0 Å². The van der Waals surface area contributed by atoms with Gasteiger partial charge in [0, 0.05) is 6.26 Å². The summed E-state index contributed by atoms with van der Waals surface area (Å²) in [5, 5.41) is 17.4. The van der Waals surface area contributed by atoms with Crippen LogP contribution in [0.15, 0.2) is 0 Å². The Morgan fingerprint density at radius 2 is 2.33 bits per heavy atom. The van der Waals surface area contributed by atoms with Crippen LogP contribution in [0.1, 0.15) is 6.42 Å². The second-order valence-electron chi connectivity index (χ2n) is 3.42. The van der Waals surface area contributed by atoms with Crippen molar-refractivity contribution in [1.82, 2.24) is 0 Å². The summed E-state index contributed by atoms with van der Waals surface area (Å²) in [6.45, 7) is -0.232. The van der Waals surface area contributed by atoms with E-state index in [1.807, 2.05) is 6.07 Å². The van der Waals surface area contributed by atoms with Gasteiger partial charge in [-0.1, -0.05) is 0 Å². The largest absolute Gasteiger partial charge is 0.395 e. The van der Waals surface area contributed by atoms with Gasteiger partial charge in [0.15, 0.2) is 0 Å². The Morgan fingerprint density at radius 1 is 1.75 bits per heavy atom. The zero-order valence-electron chi connectivity index (χ0n) is 6.82. The van der Waals surface area contributed by atoms with Gasteiger partial charge >= 0.3 is 0 Å². The van der Waals surface area contributed by atoms with Gasteiger partial charge < -0.3 is 5.11 Å². The molecule has 0 unspecified atom stereocenters. The molecule has 0 aliphatic heterocycles. The molecule has 1 aliphatic carbocycles. The topological polar surface area (TPSA) is 78.2 Å². The zero-order chi connectivity index (χ0) is 9.41. The highest BCUT2D eigenvalue weighted by Gasteiger charge is 2.55. The molecule has 4 nitrogen and oxygen atoms in total. The highest BCUT2D eigenvalue weighted by atomic mass is 32.2. The highest BCUT2D eigenvalue weighted by molar-refractivity contribution is 7.90. The molecule has 0 aromatic heterocycles. The first kappa shape index (κ1) is 9.49. The number of hydrogen-bond donors (Lipinski definition) is 1. The van der Waals surface area contributed by atoms with Crippen molar-refractivity contribution in [2.45, 2.75) is 6.42 Å². The normalized spacial score (nSPS) is 34.2. The lowest BCUT2D eigenvalue weighted by molar-refractivity contribution is 0.237. The van der Waals surface area contributed by atoms with Crippen LogP contribution in [0.4, 0.5) is 0 Å². The molecule has 1 saturated carbocycles. The summed E-state index contributed by atoms with van der Waals surface area (Å²) in [6, 6.07) is 1.96. The van der Waals surface area contributed by atoms with E-state index in [0.29, 0.717) is 6.42 Å². The molecule has 0 aromatic carbocycles. The Kier molecular flexibility index (Phi) is 2.15. The minimum absolute atomic E-state index is 0.0150. The van der Waals surface area contributed by atoms with Crippen molar-refractivity contribution in [3.8, 4) is 6.07 Å². The van der Waals surface area contributed by atoms with Gasteiger partial charge in [-0.05, 0) is 12.3 Å². The average molecular weight is 189 g/mol. The molecule has 0 spiro atoms. The summed E-state index contributed by atoms with van der Waals surface area (Å²) in [4.78, 5) is 0. The van der Waals surface area contributed by atoms with Crippen molar-refractivity contribution >= 4 is 9.84 Å². The summed E-state index contributed by atoms with van der Waals surface area (Å²) in [5.74, 6) is -0.149. The Balaban J connectivity index is 2.59. The van der Waals surface area contributed by atoms with Gasteiger partial charge in [-0.15, -0.1) is 0 Å².